The Balaban J connectivity index is 3.41. The molecule has 1 aromatic rings. The molecule has 15 heavy (non-hydrogen) atoms. The van der Waals surface area contributed by atoms with E-state index in [4.69, 9.17) is 0 Å². The van der Waals surface area contributed by atoms with E-state index in [1.165, 1.54) is 10.4 Å². The molecule has 0 bridgehead atoms. The van der Waals surface area contributed by atoms with Gasteiger partial charge in [-0.25, -0.2) is 0 Å². The zero-order chi connectivity index (χ0) is 11.9. The molecule has 0 aliphatic heterocycles. The molecule has 0 spiro atoms. The molecular weight excluding hydrogens is 216 g/mol. The second kappa shape index (κ2) is 3.79. The fraction of sp³-hybridized carbons (Fsp3) is 0.500. The summed E-state index contributed by atoms with van der Waals surface area (Å²) in [4.78, 5) is 0. The van der Waals surface area contributed by atoms with Crippen LogP contribution in [0.4, 0.5) is 0 Å². The van der Waals surface area contributed by atoms with Crippen molar-refractivity contribution in [3.63, 3.8) is 0 Å². The predicted octanol–water partition coefficient (Wildman–Crippen LogP) is 2.48. The number of hydrogen-bond donors (Lipinski definition) is 1. The molecule has 84 valence electrons. The Morgan fingerprint density at radius 2 is 1.27 bits per heavy atom. The normalized spacial score (nSPS) is 12.9. The van der Waals surface area contributed by atoms with Crippen molar-refractivity contribution >= 4 is 26.5 Å². The first kappa shape index (κ1) is 12.5. The van der Waals surface area contributed by atoms with Crippen molar-refractivity contribution in [2.75, 3.05) is 0 Å². The van der Waals surface area contributed by atoms with E-state index in [1.54, 1.807) is 0 Å². The minimum atomic E-state index is -1.34. The third-order valence-electron chi connectivity index (χ3n) is 2.62. The van der Waals surface area contributed by atoms with Crippen LogP contribution in [0, 0.1) is 0 Å². The molecular formula is C12H22OSi2. The first-order valence-corrected chi connectivity index (χ1v) is 12.5. The standard InChI is InChI=1S/C12H22OSi2/c1-14(2,3)11-8-7-10(13)9-12(11)15(4,5)6/h7-9,13H,1-6H3. The van der Waals surface area contributed by atoms with Gasteiger partial charge in [-0.15, -0.1) is 0 Å². The number of aromatic hydroxyl groups is 1. The highest BCUT2D eigenvalue weighted by atomic mass is 28.3. The molecule has 0 radical (unpaired) electrons. The van der Waals surface area contributed by atoms with E-state index in [-0.39, 0.29) is 0 Å². The summed E-state index contributed by atoms with van der Waals surface area (Å²) < 4.78 is 0. The summed E-state index contributed by atoms with van der Waals surface area (Å²) in [6, 6.07) is 5.95. The summed E-state index contributed by atoms with van der Waals surface area (Å²) in [5.74, 6) is 0.412. The van der Waals surface area contributed by atoms with Crippen molar-refractivity contribution in [1.82, 2.24) is 0 Å². The fourth-order valence-corrected chi connectivity index (χ4v) is 6.99. The second-order valence-corrected chi connectivity index (χ2v) is 16.3. The number of phenols is 1. The van der Waals surface area contributed by atoms with E-state index in [0.717, 1.165) is 0 Å². The van der Waals surface area contributed by atoms with Crippen LogP contribution in [0.2, 0.25) is 39.3 Å². The van der Waals surface area contributed by atoms with E-state index < -0.39 is 16.1 Å². The fourth-order valence-electron chi connectivity index (χ4n) is 1.81. The van der Waals surface area contributed by atoms with Gasteiger partial charge in [-0.2, -0.15) is 0 Å². The first-order valence-electron chi connectivity index (χ1n) is 5.46. The molecule has 0 unspecified atom stereocenters. The lowest BCUT2D eigenvalue weighted by molar-refractivity contribution is 0.476. The van der Waals surface area contributed by atoms with Gasteiger partial charge in [0.15, 0.2) is 0 Å². The van der Waals surface area contributed by atoms with Crippen molar-refractivity contribution < 1.29 is 5.11 Å². The molecule has 0 aliphatic rings. The van der Waals surface area contributed by atoms with E-state index in [2.05, 4.69) is 45.3 Å². The first-order chi connectivity index (χ1) is 6.62. The Kier molecular flexibility index (Phi) is 3.17. The third kappa shape index (κ3) is 2.95. The van der Waals surface area contributed by atoms with E-state index in [1.807, 2.05) is 12.1 Å². The van der Waals surface area contributed by atoms with Crippen molar-refractivity contribution in [2.45, 2.75) is 39.3 Å². The van der Waals surface area contributed by atoms with Crippen molar-refractivity contribution in [3.05, 3.63) is 18.2 Å². The molecule has 0 atom stereocenters. The molecule has 3 heteroatoms. The van der Waals surface area contributed by atoms with Gasteiger partial charge < -0.3 is 5.11 Å². The zero-order valence-corrected chi connectivity index (χ0v) is 12.7. The van der Waals surface area contributed by atoms with Crippen LogP contribution in [0.5, 0.6) is 5.75 Å². The predicted molar refractivity (Wildman–Crippen MR) is 74.1 cm³/mol. The van der Waals surface area contributed by atoms with Gasteiger partial charge in [0.25, 0.3) is 0 Å². The maximum Gasteiger partial charge on any atom is 0.115 e. The van der Waals surface area contributed by atoms with Gasteiger partial charge in [0.2, 0.25) is 0 Å². The van der Waals surface area contributed by atoms with Crippen LogP contribution >= 0.6 is 0 Å². The zero-order valence-electron chi connectivity index (χ0n) is 10.7. The second-order valence-electron chi connectivity index (χ2n) is 6.23. The largest absolute Gasteiger partial charge is 0.508 e. The van der Waals surface area contributed by atoms with Gasteiger partial charge in [0, 0.05) is 0 Å². The third-order valence-corrected chi connectivity index (χ3v) is 6.95. The van der Waals surface area contributed by atoms with Crippen LogP contribution in [-0.4, -0.2) is 21.3 Å². The quantitative estimate of drug-likeness (QED) is 0.785. The molecule has 0 amide bonds. The monoisotopic (exact) mass is 238 g/mol. The molecule has 0 saturated carbocycles. The van der Waals surface area contributed by atoms with Crippen LogP contribution in [-0.2, 0) is 0 Å². The topological polar surface area (TPSA) is 20.2 Å². The Morgan fingerprint density at radius 3 is 1.67 bits per heavy atom. The lowest BCUT2D eigenvalue weighted by atomic mass is 10.3. The Hall–Kier alpha value is -0.546. The average Bonchev–Trinajstić information content (AvgIpc) is 2.00. The van der Waals surface area contributed by atoms with Gasteiger partial charge in [-0.1, -0.05) is 55.7 Å². The summed E-state index contributed by atoms with van der Waals surface area (Å²) in [5.41, 5.74) is 0. The molecule has 0 heterocycles. The summed E-state index contributed by atoms with van der Waals surface area (Å²) in [7, 11) is -2.63. The van der Waals surface area contributed by atoms with Crippen LogP contribution in [0.25, 0.3) is 0 Å². The van der Waals surface area contributed by atoms with Gasteiger partial charge in [0.1, 0.15) is 5.75 Å². The van der Waals surface area contributed by atoms with Crippen molar-refractivity contribution in [3.8, 4) is 5.75 Å². The summed E-state index contributed by atoms with van der Waals surface area (Å²) in [6.45, 7) is 14.1. The Labute approximate surface area is 95.2 Å². The molecule has 1 rings (SSSR count). The average molecular weight is 238 g/mol. The van der Waals surface area contributed by atoms with Gasteiger partial charge in [0.05, 0.1) is 16.1 Å². The lowest BCUT2D eigenvalue weighted by Gasteiger charge is -2.27. The van der Waals surface area contributed by atoms with Crippen LogP contribution in [0.1, 0.15) is 0 Å². The maximum atomic E-state index is 9.60. The Morgan fingerprint density at radius 1 is 0.800 bits per heavy atom. The van der Waals surface area contributed by atoms with E-state index in [0.29, 0.717) is 5.75 Å². The molecule has 1 nitrogen and oxygen atoms in total. The minimum absolute atomic E-state index is 0.412. The van der Waals surface area contributed by atoms with Gasteiger partial charge in [-0.05, 0) is 12.1 Å². The molecule has 0 aliphatic carbocycles. The molecule has 0 saturated heterocycles. The molecule has 1 aromatic carbocycles. The Bertz CT molecular complexity index is 359. The smallest absolute Gasteiger partial charge is 0.115 e. The van der Waals surface area contributed by atoms with Crippen LogP contribution in [0.3, 0.4) is 0 Å². The minimum Gasteiger partial charge on any atom is -0.508 e. The number of rotatable bonds is 2. The van der Waals surface area contributed by atoms with Gasteiger partial charge in [-0.3, -0.25) is 0 Å². The summed E-state index contributed by atoms with van der Waals surface area (Å²) in [6.07, 6.45) is 0. The van der Waals surface area contributed by atoms with E-state index in [9.17, 15) is 5.11 Å². The van der Waals surface area contributed by atoms with Crippen molar-refractivity contribution in [2.24, 2.45) is 0 Å². The molecule has 1 N–H and O–H groups in total. The van der Waals surface area contributed by atoms with Crippen LogP contribution in [0.15, 0.2) is 18.2 Å². The molecule has 0 aromatic heterocycles. The van der Waals surface area contributed by atoms with Gasteiger partial charge >= 0.3 is 0 Å². The lowest BCUT2D eigenvalue weighted by Crippen LogP contribution is -2.56. The number of benzene rings is 1. The van der Waals surface area contributed by atoms with Crippen LogP contribution < -0.4 is 10.4 Å². The number of hydrogen-bond acceptors (Lipinski definition) is 1. The highest BCUT2D eigenvalue weighted by molar-refractivity contribution is 6.98. The SMILES string of the molecule is C[Si](C)(C)c1ccc(O)cc1[Si](C)(C)C. The number of phenolic OH excluding ortho intramolecular Hbond substituents is 1. The maximum absolute atomic E-state index is 9.60. The highest BCUT2D eigenvalue weighted by Crippen LogP contribution is 2.12. The molecule has 0 fully saturated rings. The summed E-state index contributed by atoms with van der Waals surface area (Å²) in [5, 5.41) is 12.5. The van der Waals surface area contributed by atoms with E-state index >= 15 is 0 Å². The summed E-state index contributed by atoms with van der Waals surface area (Å²) >= 11 is 0. The van der Waals surface area contributed by atoms with Crippen molar-refractivity contribution in [1.29, 1.82) is 0 Å². The highest BCUT2D eigenvalue weighted by Gasteiger charge is 2.27.